The molecule has 1 saturated carbocycles. The Morgan fingerprint density at radius 3 is 2.52 bits per heavy atom. The summed E-state index contributed by atoms with van der Waals surface area (Å²) in [7, 11) is 1.71. The first-order chi connectivity index (χ1) is 10.1. The van der Waals surface area contributed by atoms with Crippen molar-refractivity contribution in [2.45, 2.75) is 44.9 Å². The second-order valence-corrected chi connectivity index (χ2v) is 6.52. The van der Waals surface area contributed by atoms with Gasteiger partial charge in [-0.15, -0.1) is 0 Å². The number of nitrogens with one attached hydrogen (secondary N) is 1. The second-order valence-electron chi connectivity index (χ2n) is 6.52. The number of rotatable bonds is 8. The van der Waals surface area contributed by atoms with Crippen LogP contribution in [0.25, 0.3) is 0 Å². The number of halogens is 1. The lowest BCUT2D eigenvalue weighted by atomic mass is 9.48. The van der Waals surface area contributed by atoms with Crippen LogP contribution in [-0.4, -0.2) is 26.8 Å². The van der Waals surface area contributed by atoms with Crippen molar-refractivity contribution in [2.75, 3.05) is 26.8 Å². The minimum Gasteiger partial charge on any atom is -0.383 e. The lowest BCUT2D eigenvalue weighted by Crippen LogP contribution is -2.54. The molecule has 0 aromatic heterocycles. The summed E-state index contributed by atoms with van der Waals surface area (Å²) in [6.45, 7) is 7.01. The predicted molar refractivity (Wildman–Crippen MR) is 85.1 cm³/mol. The maximum Gasteiger partial charge on any atom is 0.123 e. The van der Waals surface area contributed by atoms with E-state index in [1.54, 1.807) is 13.2 Å². The SMILES string of the molecule is CCC1(CC)CC(CNCCOC)(c2cccc(F)c2)C1. The van der Waals surface area contributed by atoms with Gasteiger partial charge in [-0.2, -0.15) is 0 Å². The Morgan fingerprint density at radius 1 is 1.24 bits per heavy atom. The molecular formula is C18H28FNO. The Bertz CT molecular complexity index is 448. The molecule has 0 heterocycles. The Labute approximate surface area is 128 Å². The van der Waals surface area contributed by atoms with Crippen LogP contribution in [0.3, 0.4) is 0 Å². The molecule has 0 aliphatic heterocycles. The largest absolute Gasteiger partial charge is 0.383 e. The molecule has 118 valence electrons. The molecule has 1 aliphatic carbocycles. The fraction of sp³-hybridized carbons (Fsp3) is 0.667. The molecule has 0 spiro atoms. The van der Waals surface area contributed by atoms with Crippen LogP contribution < -0.4 is 5.32 Å². The average Bonchev–Trinajstić information content (AvgIpc) is 2.46. The molecule has 2 rings (SSSR count). The predicted octanol–water partition coefficient (Wildman–Crippen LogP) is 3.90. The van der Waals surface area contributed by atoms with E-state index in [0.29, 0.717) is 12.0 Å². The summed E-state index contributed by atoms with van der Waals surface area (Å²) in [6, 6.07) is 7.16. The molecule has 2 nitrogen and oxygen atoms in total. The first-order valence-corrected chi connectivity index (χ1v) is 8.05. The molecule has 1 N–H and O–H groups in total. The summed E-state index contributed by atoms with van der Waals surface area (Å²) in [5, 5.41) is 3.49. The van der Waals surface area contributed by atoms with Gasteiger partial charge in [0, 0.05) is 25.6 Å². The molecule has 0 atom stereocenters. The van der Waals surface area contributed by atoms with Crippen LogP contribution >= 0.6 is 0 Å². The standard InChI is InChI=1S/C18H28FNO/c1-4-17(5-2)12-18(13-17,14-20-9-10-21-3)15-7-6-8-16(19)11-15/h6-8,11,20H,4-5,9-10,12-14H2,1-3H3. The van der Waals surface area contributed by atoms with E-state index in [-0.39, 0.29) is 11.2 Å². The summed E-state index contributed by atoms with van der Waals surface area (Å²) in [6.07, 6.45) is 4.71. The number of hydrogen-bond donors (Lipinski definition) is 1. The minimum atomic E-state index is -0.130. The van der Waals surface area contributed by atoms with E-state index in [4.69, 9.17) is 4.74 Å². The maximum atomic E-state index is 13.6. The van der Waals surface area contributed by atoms with Gasteiger partial charge in [0.05, 0.1) is 6.61 Å². The van der Waals surface area contributed by atoms with Crippen LogP contribution in [0, 0.1) is 11.2 Å². The summed E-state index contributed by atoms with van der Waals surface area (Å²) in [5.74, 6) is -0.130. The van der Waals surface area contributed by atoms with Gasteiger partial charge in [-0.25, -0.2) is 4.39 Å². The Balaban J connectivity index is 2.13. The fourth-order valence-corrected chi connectivity index (χ4v) is 3.89. The van der Waals surface area contributed by atoms with Gasteiger partial charge in [0.15, 0.2) is 0 Å². The minimum absolute atomic E-state index is 0.0852. The first-order valence-electron chi connectivity index (χ1n) is 8.05. The van der Waals surface area contributed by atoms with Crippen LogP contribution in [0.2, 0.25) is 0 Å². The van der Waals surface area contributed by atoms with Gasteiger partial charge in [-0.3, -0.25) is 0 Å². The molecule has 0 radical (unpaired) electrons. The highest BCUT2D eigenvalue weighted by Gasteiger charge is 2.52. The molecule has 0 bridgehead atoms. The van der Waals surface area contributed by atoms with Crippen LogP contribution in [0.1, 0.15) is 45.1 Å². The molecule has 1 aromatic rings. The van der Waals surface area contributed by atoms with Crippen LogP contribution in [0.15, 0.2) is 24.3 Å². The molecule has 21 heavy (non-hydrogen) atoms. The van der Waals surface area contributed by atoms with Crippen molar-refractivity contribution < 1.29 is 9.13 Å². The maximum absolute atomic E-state index is 13.6. The van der Waals surface area contributed by atoms with Crippen molar-refractivity contribution in [3.8, 4) is 0 Å². The lowest BCUT2D eigenvalue weighted by Gasteiger charge is -2.57. The summed E-state index contributed by atoms with van der Waals surface area (Å²) in [5.41, 5.74) is 1.67. The molecule has 1 aliphatic rings. The zero-order chi connectivity index (χ0) is 15.3. The highest BCUT2D eigenvalue weighted by atomic mass is 19.1. The number of methoxy groups -OCH3 is 1. The Kier molecular flexibility index (Phi) is 5.39. The van der Waals surface area contributed by atoms with Crippen LogP contribution in [0.4, 0.5) is 4.39 Å². The molecule has 1 fully saturated rings. The third-order valence-electron chi connectivity index (χ3n) is 5.31. The van der Waals surface area contributed by atoms with Crippen molar-refractivity contribution in [2.24, 2.45) is 5.41 Å². The van der Waals surface area contributed by atoms with Gasteiger partial charge >= 0.3 is 0 Å². The van der Waals surface area contributed by atoms with Gasteiger partial charge in [-0.05, 0) is 36.0 Å². The van der Waals surface area contributed by atoms with Crippen LogP contribution in [-0.2, 0) is 10.2 Å². The topological polar surface area (TPSA) is 21.3 Å². The number of benzene rings is 1. The van der Waals surface area contributed by atoms with E-state index in [0.717, 1.165) is 31.5 Å². The van der Waals surface area contributed by atoms with Gasteiger partial charge in [0.2, 0.25) is 0 Å². The summed E-state index contributed by atoms with van der Waals surface area (Å²) in [4.78, 5) is 0. The van der Waals surface area contributed by atoms with E-state index in [1.165, 1.54) is 18.9 Å². The van der Waals surface area contributed by atoms with E-state index >= 15 is 0 Å². The third kappa shape index (κ3) is 3.46. The van der Waals surface area contributed by atoms with E-state index in [2.05, 4.69) is 25.2 Å². The summed E-state index contributed by atoms with van der Waals surface area (Å²) < 4.78 is 18.7. The quantitative estimate of drug-likeness (QED) is 0.734. The zero-order valence-corrected chi connectivity index (χ0v) is 13.5. The van der Waals surface area contributed by atoms with E-state index in [1.807, 2.05) is 6.07 Å². The van der Waals surface area contributed by atoms with Crippen LogP contribution in [0.5, 0.6) is 0 Å². The molecule has 0 saturated heterocycles. The van der Waals surface area contributed by atoms with E-state index in [9.17, 15) is 4.39 Å². The first kappa shape index (κ1) is 16.4. The van der Waals surface area contributed by atoms with Crippen molar-refractivity contribution >= 4 is 0 Å². The monoisotopic (exact) mass is 293 g/mol. The number of ether oxygens (including phenoxy) is 1. The lowest BCUT2D eigenvalue weighted by molar-refractivity contribution is 0.0120. The van der Waals surface area contributed by atoms with E-state index < -0.39 is 0 Å². The molecule has 1 aromatic carbocycles. The van der Waals surface area contributed by atoms with Gasteiger partial charge in [0.25, 0.3) is 0 Å². The van der Waals surface area contributed by atoms with Crippen molar-refractivity contribution in [3.63, 3.8) is 0 Å². The molecule has 0 unspecified atom stereocenters. The fourth-order valence-electron chi connectivity index (χ4n) is 3.89. The zero-order valence-electron chi connectivity index (χ0n) is 13.5. The normalized spacial score (nSPS) is 19.2. The van der Waals surface area contributed by atoms with Crippen molar-refractivity contribution in [1.82, 2.24) is 5.32 Å². The third-order valence-corrected chi connectivity index (χ3v) is 5.31. The van der Waals surface area contributed by atoms with Crippen molar-refractivity contribution in [3.05, 3.63) is 35.6 Å². The number of hydrogen-bond acceptors (Lipinski definition) is 2. The van der Waals surface area contributed by atoms with Gasteiger partial charge in [0.1, 0.15) is 5.82 Å². The smallest absolute Gasteiger partial charge is 0.123 e. The highest BCUT2D eigenvalue weighted by molar-refractivity contribution is 5.32. The average molecular weight is 293 g/mol. The highest BCUT2D eigenvalue weighted by Crippen LogP contribution is 2.58. The van der Waals surface area contributed by atoms with Gasteiger partial charge in [-0.1, -0.05) is 38.8 Å². The Hall–Kier alpha value is -0.930. The molecular weight excluding hydrogens is 265 g/mol. The molecule has 0 amide bonds. The van der Waals surface area contributed by atoms with Gasteiger partial charge < -0.3 is 10.1 Å². The Morgan fingerprint density at radius 2 is 1.95 bits per heavy atom. The molecule has 3 heteroatoms. The summed E-state index contributed by atoms with van der Waals surface area (Å²) >= 11 is 0. The van der Waals surface area contributed by atoms with Crippen molar-refractivity contribution in [1.29, 1.82) is 0 Å². The second kappa shape index (κ2) is 6.89.